The van der Waals surface area contributed by atoms with Gasteiger partial charge in [0.1, 0.15) is 5.72 Å². The zero-order valence-electron chi connectivity index (χ0n) is 8.55. The first-order chi connectivity index (χ1) is 6.12. The van der Waals surface area contributed by atoms with Crippen molar-refractivity contribution in [2.75, 3.05) is 0 Å². The molecule has 0 saturated heterocycles. The van der Waals surface area contributed by atoms with Crippen molar-refractivity contribution in [2.24, 2.45) is 5.73 Å². The predicted molar refractivity (Wildman–Crippen MR) is 53.2 cm³/mol. The fourth-order valence-corrected chi connectivity index (χ4v) is 0.660. The minimum absolute atomic E-state index is 0.646. The fourth-order valence-electron chi connectivity index (χ4n) is 0.660. The minimum Gasteiger partial charge on any atom is -0.376 e. The lowest BCUT2D eigenvalue weighted by molar-refractivity contribution is 0.0319. The van der Waals surface area contributed by atoms with Crippen LogP contribution in [0, 0.1) is 0 Å². The SMILES string of the molecule is CCCCC(N)(O)CC.O=P(O)(O)O. The largest absolute Gasteiger partial charge is 0.466 e. The van der Waals surface area contributed by atoms with Gasteiger partial charge in [0.15, 0.2) is 0 Å². The van der Waals surface area contributed by atoms with Crippen LogP contribution in [0.15, 0.2) is 0 Å². The van der Waals surface area contributed by atoms with Gasteiger partial charge < -0.3 is 25.5 Å². The van der Waals surface area contributed by atoms with E-state index in [9.17, 15) is 5.11 Å². The van der Waals surface area contributed by atoms with Crippen molar-refractivity contribution in [3.63, 3.8) is 0 Å². The molecule has 0 aromatic heterocycles. The third kappa shape index (κ3) is 22.7. The molecule has 6 nitrogen and oxygen atoms in total. The predicted octanol–water partition coefficient (Wildman–Crippen LogP) is 0.305. The summed E-state index contributed by atoms with van der Waals surface area (Å²) in [6.07, 6.45) is 3.48. The normalized spacial score (nSPS) is 15.4. The second-order valence-electron chi connectivity index (χ2n) is 3.07. The molecule has 7 heteroatoms. The molecule has 1 unspecified atom stereocenters. The van der Waals surface area contributed by atoms with E-state index in [0.717, 1.165) is 19.3 Å². The highest BCUT2D eigenvalue weighted by Gasteiger charge is 2.15. The van der Waals surface area contributed by atoms with E-state index < -0.39 is 13.5 Å². The molecule has 6 N–H and O–H groups in total. The molecule has 0 amide bonds. The molecule has 0 aromatic rings. The summed E-state index contributed by atoms with van der Waals surface area (Å²) in [6.45, 7) is 3.99. The van der Waals surface area contributed by atoms with Crippen molar-refractivity contribution in [3.05, 3.63) is 0 Å². The van der Waals surface area contributed by atoms with Crippen LogP contribution in [0.1, 0.15) is 39.5 Å². The molecule has 0 spiro atoms. The number of unbranched alkanes of at least 4 members (excludes halogenated alkanes) is 1. The Morgan fingerprint density at radius 1 is 1.29 bits per heavy atom. The lowest BCUT2D eigenvalue weighted by atomic mass is 10.1. The Morgan fingerprint density at radius 2 is 1.64 bits per heavy atom. The van der Waals surface area contributed by atoms with Gasteiger partial charge in [0.2, 0.25) is 0 Å². The van der Waals surface area contributed by atoms with Crippen molar-refractivity contribution in [2.45, 2.75) is 45.3 Å². The van der Waals surface area contributed by atoms with E-state index in [-0.39, 0.29) is 0 Å². The summed E-state index contributed by atoms with van der Waals surface area (Å²) in [7, 11) is -4.64. The number of aliphatic hydroxyl groups is 1. The molecule has 0 bridgehead atoms. The van der Waals surface area contributed by atoms with Gasteiger partial charge in [0, 0.05) is 0 Å². The number of phosphoric acid groups is 1. The van der Waals surface area contributed by atoms with E-state index in [1.165, 1.54) is 0 Å². The smallest absolute Gasteiger partial charge is 0.376 e. The van der Waals surface area contributed by atoms with Gasteiger partial charge >= 0.3 is 7.82 Å². The summed E-state index contributed by atoms with van der Waals surface area (Å²) in [5, 5.41) is 9.23. The van der Waals surface area contributed by atoms with Gasteiger partial charge in [-0.2, -0.15) is 0 Å². The van der Waals surface area contributed by atoms with E-state index in [1.807, 2.05) is 6.92 Å². The number of hydrogen-bond acceptors (Lipinski definition) is 3. The van der Waals surface area contributed by atoms with Crippen LogP contribution in [0.5, 0.6) is 0 Å². The Hall–Kier alpha value is 0.0300. The van der Waals surface area contributed by atoms with Gasteiger partial charge in [-0.25, -0.2) is 4.57 Å². The molecular formula is C7H20NO5P. The fraction of sp³-hybridized carbons (Fsp3) is 1.00. The lowest BCUT2D eigenvalue weighted by Crippen LogP contribution is -2.38. The Bertz CT molecular complexity index is 171. The first-order valence-corrected chi connectivity index (χ1v) is 5.98. The minimum atomic E-state index is -4.64. The second-order valence-corrected chi connectivity index (χ2v) is 4.10. The third-order valence-electron chi connectivity index (χ3n) is 1.58. The maximum Gasteiger partial charge on any atom is 0.466 e. The highest BCUT2D eigenvalue weighted by Crippen LogP contribution is 2.25. The maximum absolute atomic E-state index is 9.23. The highest BCUT2D eigenvalue weighted by atomic mass is 31.2. The molecular weight excluding hydrogens is 209 g/mol. The van der Waals surface area contributed by atoms with Crippen LogP contribution < -0.4 is 5.73 Å². The molecule has 1 atom stereocenters. The highest BCUT2D eigenvalue weighted by molar-refractivity contribution is 7.45. The molecule has 0 heterocycles. The Balaban J connectivity index is 0. The van der Waals surface area contributed by atoms with Crippen molar-refractivity contribution in [1.29, 1.82) is 0 Å². The van der Waals surface area contributed by atoms with Crippen LogP contribution in [-0.4, -0.2) is 25.5 Å². The van der Waals surface area contributed by atoms with E-state index in [4.69, 9.17) is 25.0 Å². The van der Waals surface area contributed by atoms with E-state index in [1.54, 1.807) is 0 Å². The lowest BCUT2D eigenvalue weighted by Gasteiger charge is -2.20. The van der Waals surface area contributed by atoms with E-state index >= 15 is 0 Å². The Labute approximate surface area is 84.0 Å². The van der Waals surface area contributed by atoms with Crippen LogP contribution in [0.4, 0.5) is 0 Å². The summed E-state index contributed by atoms with van der Waals surface area (Å²) < 4.78 is 8.88. The van der Waals surface area contributed by atoms with E-state index in [0.29, 0.717) is 6.42 Å². The van der Waals surface area contributed by atoms with Crippen LogP contribution >= 0.6 is 7.82 Å². The Morgan fingerprint density at radius 3 is 1.86 bits per heavy atom. The van der Waals surface area contributed by atoms with Crippen LogP contribution in [0.25, 0.3) is 0 Å². The quantitative estimate of drug-likeness (QED) is 0.349. The zero-order valence-corrected chi connectivity index (χ0v) is 9.44. The van der Waals surface area contributed by atoms with Crippen LogP contribution in [0.3, 0.4) is 0 Å². The maximum atomic E-state index is 9.23. The van der Waals surface area contributed by atoms with Crippen molar-refractivity contribution < 1.29 is 24.4 Å². The van der Waals surface area contributed by atoms with Crippen molar-refractivity contribution in [1.82, 2.24) is 0 Å². The molecule has 88 valence electrons. The molecule has 0 rings (SSSR count). The number of hydrogen-bond donors (Lipinski definition) is 5. The summed E-state index contributed by atoms with van der Waals surface area (Å²) in [4.78, 5) is 21.6. The van der Waals surface area contributed by atoms with Gasteiger partial charge in [-0.1, -0.05) is 20.3 Å². The monoisotopic (exact) mass is 229 g/mol. The van der Waals surface area contributed by atoms with E-state index in [2.05, 4.69) is 6.92 Å². The summed E-state index contributed by atoms with van der Waals surface area (Å²) in [5.74, 6) is 0. The molecule has 0 aliphatic carbocycles. The third-order valence-corrected chi connectivity index (χ3v) is 1.58. The zero-order chi connectivity index (χ0) is 11.8. The number of nitrogens with two attached hydrogens (primary N) is 1. The first-order valence-electron chi connectivity index (χ1n) is 4.42. The molecule has 0 radical (unpaired) electrons. The van der Waals surface area contributed by atoms with Crippen LogP contribution in [-0.2, 0) is 4.57 Å². The van der Waals surface area contributed by atoms with Gasteiger partial charge in [-0.05, 0) is 19.3 Å². The Kier molecular flexibility index (Phi) is 8.63. The average molecular weight is 229 g/mol. The topological polar surface area (TPSA) is 124 Å². The molecule has 0 aliphatic heterocycles. The second kappa shape index (κ2) is 7.34. The van der Waals surface area contributed by atoms with Gasteiger partial charge in [0.25, 0.3) is 0 Å². The van der Waals surface area contributed by atoms with Crippen LogP contribution in [0.2, 0.25) is 0 Å². The van der Waals surface area contributed by atoms with Gasteiger partial charge in [-0.3, -0.25) is 0 Å². The molecule has 0 fully saturated rings. The average Bonchev–Trinajstić information content (AvgIpc) is 1.98. The van der Waals surface area contributed by atoms with Crippen molar-refractivity contribution in [3.8, 4) is 0 Å². The standard InChI is InChI=1S/C7H17NO.H3O4P/c1-3-5-6-7(8,9)4-2;1-5(2,3)4/h9H,3-6,8H2,1-2H3;(H3,1,2,3,4). The summed E-state index contributed by atoms with van der Waals surface area (Å²) in [6, 6.07) is 0. The van der Waals surface area contributed by atoms with Crippen molar-refractivity contribution >= 4 is 7.82 Å². The summed E-state index contributed by atoms with van der Waals surface area (Å²) >= 11 is 0. The van der Waals surface area contributed by atoms with Gasteiger partial charge in [-0.15, -0.1) is 0 Å². The molecule has 0 aromatic carbocycles. The summed E-state index contributed by atoms with van der Waals surface area (Å²) in [5.41, 5.74) is 4.55. The molecule has 0 saturated carbocycles. The van der Waals surface area contributed by atoms with Gasteiger partial charge in [0.05, 0.1) is 0 Å². The molecule has 0 aliphatic rings. The number of rotatable bonds is 4. The first kappa shape index (κ1) is 16.5. The molecule has 14 heavy (non-hydrogen) atoms.